The number of hydrogen-bond acceptors (Lipinski definition) is 5. The number of likely N-dealkylation sites (tertiary alicyclic amines) is 1. The number of carbonyl (C=O) groups is 1. The molecule has 0 spiro atoms. The smallest absolute Gasteiger partial charge is 0.246 e. The molecule has 0 aliphatic carbocycles. The van der Waals surface area contributed by atoms with Crippen molar-refractivity contribution in [1.29, 1.82) is 0 Å². The number of nitrogens with zero attached hydrogens (tertiary/aromatic N) is 5. The Balaban J connectivity index is 1.28. The fraction of sp³-hybridized carbons (Fsp3) is 0.368. The SMILES string of the molecule is O=C(Cn1nnc(-c2cccs2)n1)N1CCC(Cc2ccccc2)CC1. The lowest BCUT2D eigenvalue weighted by molar-refractivity contribution is -0.133. The number of hydrogen-bond donors (Lipinski definition) is 0. The van der Waals surface area contributed by atoms with Crippen molar-refractivity contribution in [2.45, 2.75) is 25.8 Å². The highest BCUT2D eigenvalue weighted by atomic mass is 32.1. The summed E-state index contributed by atoms with van der Waals surface area (Å²) in [6, 6.07) is 14.5. The molecule has 1 saturated heterocycles. The van der Waals surface area contributed by atoms with E-state index in [1.807, 2.05) is 28.5 Å². The van der Waals surface area contributed by atoms with Crippen molar-refractivity contribution in [3.8, 4) is 10.7 Å². The van der Waals surface area contributed by atoms with Crippen LogP contribution < -0.4 is 0 Å². The van der Waals surface area contributed by atoms with Gasteiger partial charge in [-0.15, -0.1) is 21.5 Å². The van der Waals surface area contributed by atoms with Crippen LogP contribution in [-0.4, -0.2) is 44.1 Å². The van der Waals surface area contributed by atoms with Gasteiger partial charge in [0.25, 0.3) is 0 Å². The highest BCUT2D eigenvalue weighted by Gasteiger charge is 2.23. The summed E-state index contributed by atoms with van der Waals surface area (Å²) >= 11 is 1.56. The number of aromatic nitrogens is 4. The maximum absolute atomic E-state index is 12.5. The second kappa shape index (κ2) is 7.78. The van der Waals surface area contributed by atoms with E-state index in [0.29, 0.717) is 11.7 Å². The molecule has 0 atom stereocenters. The Kier molecular flexibility index (Phi) is 5.06. The number of piperidine rings is 1. The van der Waals surface area contributed by atoms with Gasteiger partial charge in [0.05, 0.1) is 4.88 Å². The number of rotatable bonds is 5. The number of amides is 1. The zero-order chi connectivity index (χ0) is 17.8. The van der Waals surface area contributed by atoms with Crippen LogP contribution in [0.4, 0.5) is 0 Å². The molecule has 1 aliphatic rings. The Labute approximate surface area is 156 Å². The Hall–Kier alpha value is -2.54. The van der Waals surface area contributed by atoms with E-state index < -0.39 is 0 Å². The van der Waals surface area contributed by atoms with Crippen LogP contribution in [-0.2, 0) is 17.8 Å². The first kappa shape index (κ1) is 16.9. The second-order valence-corrected chi connectivity index (χ2v) is 7.58. The summed E-state index contributed by atoms with van der Waals surface area (Å²) in [6.45, 7) is 1.77. The van der Waals surface area contributed by atoms with Crippen molar-refractivity contribution in [3.05, 3.63) is 53.4 Å². The molecule has 1 aliphatic heterocycles. The predicted octanol–water partition coefficient (Wildman–Crippen LogP) is 2.88. The minimum Gasteiger partial charge on any atom is -0.341 e. The third-order valence-electron chi connectivity index (χ3n) is 4.81. The van der Waals surface area contributed by atoms with E-state index in [-0.39, 0.29) is 12.5 Å². The molecular formula is C19H21N5OS. The first-order valence-corrected chi connectivity index (χ1v) is 9.79. The van der Waals surface area contributed by atoms with Crippen LogP contribution in [0.3, 0.4) is 0 Å². The third kappa shape index (κ3) is 3.99. The number of tetrazole rings is 1. The average molecular weight is 367 g/mol. The van der Waals surface area contributed by atoms with Gasteiger partial charge in [0.1, 0.15) is 6.54 Å². The normalized spacial score (nSPS) is 15.3. The number of carbonyl (C=O) groups excluding carboxylic acids is 1. The van der Waals surface area contributed by atoms with Crippen LogP contribution in [0.5, 0.6) is 0 Å². The van der Waals surface area contributed by atoms with Crippen LogP contribution in [0.25, 0.3) is 10.7 Å². The average Bonchev–Trinajstić information content (AvgIpc) is 3.35. The predicted molar refractivity (Wildman–Crippen MR) is 101 cm³/mol. The molecule has 1 fully saturated rings. The molecule has 0 N–H and O–H groups in total. The van der Waals surface area contributed by atoms with E-state index in [2.05, 4.69) is 39.7 Å². The number of benzene rings is 1. The van der Waals surface area contributed by atoms with Gasteiger partial charge in [-0.3, -0.25) is 4.79 Å². The fourth-order valence-electron chi connectivity index (χ4n) is 3.37. The first-order chi connectivity index (χ1) is 12.8. The Morgan fingerprint density at radius 1 is 1.12 bits per heavy atom. The molecule has 3 aromatic rings. The standard InChI is InChI=1S/C19H21N5OS/c25-18(14-24-21-19(20-22-24)17-7-4-12-26-17)23-10-8-16(9-11-23)13-15-5-2-1-3-6-15/h1-7,12,16H,8-11,13-14H2. The molecule has 2 aromatic heterocycles. The summed E-state index contributed by atoms with van der Waals surface area (Å²) in [6.07, 6.45) is 3.19. The van der Waals surface area contributed by atoms with Gasteiger partial charge in [-0.2, -0.15) is 4.80 Å². The lowest BCUT2D eigenvalue weighted by Gasteiger charge is -2.32. The number of thiophene rings is 1. The van der Waals surface area contributed by atoms with Crippen LogP contribution >= 0.6 is 11.3 Å². The van der Waals surface area contributed by atoms with E-state index in [4.69, 9.17) is 0 Å². The van der Waals surface area contributed by atoms with Gasteiger partial charge in [-0.05, 0) is 47.4 Å². The van der Waals surface area contributed by atoms with Crippen LogP contribution in [0, 0.1) is 5.92 Å². The van der Waals surface area contributed by atoms with E-state index in [9.17, 15) is 4.79 Å². The van der Waals surface area contributed by atoms with Crippen molar-refractivity contribution in [2.75, 3.05) is 13.1 Å². The largest absolute Gasteiger partial charge is 0.341 e. The molecule has 26 heavy (non-hydrogen) atoms. The fourth-order valence-corrected chi connectivity index (χ4v) is 4.02. The molecule has 0 saturated carbocycles. The lowest BCUT2D eigenvalue weighted by Crippen LogP contribution is -2.40. The molecule has 0 radical (unpaired) electrons. The summed E-state index contributed by atoms with van der Waals surface area (Å²) < 4.78 is 0. The lowest BCUT2D eigenvalue weighted by atomic mass is 9.90. The molecule has 1 amide bonds. The third-order valence-corrected chi connectivity index (χ3v) is 5.67. The monoisotopic (exact) mass is 367 g/mol. The van der Waals surface area contributed by atoms with Gasteiger partial charge in [0.2, 0.25) is 11.7 Å². The van der Waals surface area contributed by atoms with Crippen LogP contribution in [0.2, 0.25) is 0 Å². The Morgan fingerprint density at radius 3 is 2.65 bits per heavy atom. The van der Waals surface area contributed by atoms with Gasteiger partial charge < -0.3 is 4.90 Å². The maximum atomic E-state index is 12.5. The molecule has 0 bridgehead atoms. The van der Waals surface area contributed by atoms with E-state index in [1.165, 1.54) is 10.4 Å². The summed E-state index contributed by atoms with van der Waals surface area (Å²) in [5, 5.41) is 14.3. The van der Waals surface area contributed by atoms with Gasteiger partial charge in [-0.25, -0.2) is 0 Å². The minimum absolute atomic E-state index is 0.0679. The van der Waals surface area contributed by atoms with Gasteiger partial charge in [-0.1, -0.05) is 36.4 Å². The Bertz CT molecular complexity index is 838. The van der Waals surface area contributed by atoms with Gasteiger partial charge >= 0.3 is 0 Å². The van der Waals surface area contributed by atoms with Crippen molar-refractivity contribution in [3.63, 3.8) is 0 Å². The van der Waals surface area contributed by atoms with Crippen LogP contribution in [0.1, 0.15) is 18.4 Å². The second-order valence-electron chi connectivity index (χ2n) is 6.63. The van der Waals surface area contributed by atoms with Gasteiger partial charge in [0, 0.05) is 13.1 Å². The van der Waals surface area contributed by atoms with Crippen molar-refractivity contribution < 1.29 is 4.79 Å². The quantitative estimate of drug-likeness (QED) is 0.696. The zero-order valence-corrected chi connectivity index (χ0v) is 15.3. The zero-order valence-electron chi connectivity index (χ0n) is 14.5. The van der Waals surface area contributed by atoms with E-state index in [0.717, 1.165) is 37.2 Å². The molecule has 1 aromatic carbocycles. The summed E-state index contributed by atoms with van der Waals surface area (Å²) in [7, 11) is 0. The minimum atomic E-state index is 0.0679. The highest BCUT2D eigenvalue weighted by Crippen LogP contribution is 2.22. The molecular weight excluding hydrogens is 346 g/mol. The van der Waals surface area contributed by atoms with Crippen LogP contribution in [0.15, 0.2) is 47.8 Å². The summed E-state index contributed by atoms with van der Waals surface area (Å²) in [4.78, 5) is 16.8. The molecule has 4 rings (SSSR count). The highest BCUT2D eigenvalue weighted by molar-refractivity contribution is 7.13. The summed E-state index contributed by atoms with van der Waals surface area (Å²) in [5.74, 6) is 1.30. The molecule has 3 heterocycles. The van der Waals surface area contributed by atoms with Gasteiger partial charge in [0.15, 0.2) is 0 Å². The van der Waals surface area contributed by atoms with Crippen molar-refractivity contribution >= 4 is 17.2 Å². The van der Waals surface area contributed by atoms with Crippen molar-refractivity contribution in [2.24, 2.45) is 5.92 Å². The Morgan fingerprint density at radius 2 is 1.92 bits per heavy atom. The molecule has 134 valence electrons. The van der Waals surface area contributed by atoms with Crippen molar-refractivity contribution in [1.82, 2.24) is 25.1 Å². The first-order valence-electron chi connectivity index (χ1n) is 8.91. The molecule has 7 heteroatoms. The molecule has 0 unspecified atom stereocenters. The van der Waals surface area contributed by atoms with E-state index in [1.54, 1.807) is 11.3 Å². The summed E-state index contributed by atoms with van der Waals surface area (Å²) in [5.41, 5.74) is 1.38. The molecule has 6 nitrogen and oxygen atoms in total. The topological polar surface area (TPSA) is 63.9 Å². The van der Waals surface area contributed by atoms with E-state index >= 15 is 0 Å². The maximum Gasteiger partial charge on any atom is 0.246 e.